The summed E-state index contributed by atoms with van der Waals surface area (Å²) in [5, 5.41) is 68.5. The van der Waals surface area contributed by atoms with Crippen molar-refractivity contribution in [3.05, 3.63) is 35.9 Å². The number of hydrogen-bond acceptors (Lipinski definition) is 20. The van der Waals surface area contributed by atoms with Crippen LogP contribution in [-0.4, -0.2) is 219 Å². The first kappa shape index (κ1) is 97.4. The zero-order chi connectivity index (χ0) is 83.3. The molecule has 0 saturated heterocycles. The second-order valence-electron chi connectivity index (χ2n) is 27.8. The summed E-state index contributed by atoms with van der Waals surface area (Å²) in [6.07, 6.45) is -3.77. The third kappa shape index (κ3) is 40.6. The van der Waals surface area contributed by atoms with E-state index in [9.17, 15) is 102 Å². The molecule has 39 nitrogen and oxygen atoms in total. The molecule has 0 bridgehead atoms. The van der Waals surface area contributed by atoms with E-state index in [1.807, 2.05) is 20.8 Å². The lowest BCUT2D eigenvalue weighted by atomic mass is 10.0. The molecule has 0 unspecified atom stereocenters. The van der Waals surface area contributed by atoms with Crippen LogP contribution in [0.2, 0.25) is 0 Å². The number of benzene rings is 1. The third-order valence-electron chi connectivity index (χ3n) is 17.1. The lowest BCUT2D eigenvalue weighted by molar-refractivity contribution is -0.140. The Balaban J connectivity index is 3.71. The highest BCUT2D eigenvalue weighted by Gasteiger charge is 2.38. The number of guanidine groups is 1. The molecule has 0 fully saturated rings. The van der Waals surface area contributed by atoms with Crippen molar-refractivity contribution in [2.75, 3.05) is 13.1 Å². The minimum atomic E-state index is -1.94. The van der Waals surface area contributed by atoms with Crippen LogP contribution in [0.15, 0.2) is 35.3 Å². The summed E-state index contributed by atoms with van der Waals surface area (Å²) in [4.78, 5) is 232. The number of nitrogens with two attached hydrogens (primary N) is 5. The molecular weight excluding hydrogens is 1440 g/mol. The van der Waals surface area contributed by atoms with Gasteiger partial charge in [0.2, 0.25) is 76.8 Å². The number of rotatable bonds is 57. The van der Waals surface area contributed by atoms with Crippen molar-refractivity contribution in [3.8, 4) is 0 Å². The van der Waals surface area contributed by atoms with Crippen LogP contribution >= 0.6 is 0 Å². The van der Waals surface area contributed by atoms with Crippen molar-refractivity contribution in [2.24, 2.45) is 45.5 Å². The summed E-state index contributed by atoms with van der Waals surface area (Å²) < 4.78 is 0. The van der Waals surface area contributed by atoms with Crippen LogP contribution in [0.25, 0.3) is 0 Å². The minimum Gasteiger partial charge on any atom is -0.481 e. The maximum Gasteiger partial charge on any atom is 0.305 e. The van der Waals surface area contributed by atoms with Gasteiger partial charge in [0.15, 0.2) is 5.96 Å². The molecule has 13 amide bonds. The van der Waals surface area contributed by atoms with Gasteiger partial charge in [0.1, 0.15) is 66.5 Å². The quantitative estimate of drug-likeness (QED) is 0.0176. The number of unbranched alkanes of at least 4 members (excludes halogenated alkanes) is 3. The van der Waals surface area contributed by atoms with Crippen LogP contribution in [0, 0.1) is 11.8 Å². The number of carbonyl (C=O) groups is 17. The molecule has 1 rings (SSSR count). The van der Waals surface area contributed by atoms with Gasteiger partial charge in [0, 0.05) is 44.7 Å². The van der Waals surface area contributed by atoms with Gasteiger partial charge in [-0.3, -0.25) is 86.5 Å². The highest BCUT2D eigenvalue weighted by molar-refractivity contribution is 6.00. The maximum atomic E-state index is 14.5. The van der Waals surface area contributed by atoms with Crippen molar-refractivity contribution in [1.82, 2.24) is 63.8 Å². The largest absolute Gasteiger partial charge is 0.481 e. The number of carbonyl (C=O) groups excluding carboxylic acids is 13. The molecule has 1 aromatic carbocycles. The standard InChI is InChI=1S/C71H118N18O21/c1-9-11-21-44(80-60(100)43(73)37-57(97)98)65(105)88-52(36-42-19-14-13-15-20-42)69(109)82-46(23-16-17-33-72)64(104)83-48(25-29-53(74)90)66(106)81-45(22-12-10-2)63(103)85-50(27-31-55(93)94)68(108)86-51(28-32-56(95)96)67(107)84-49(26-30-54(91)92)62(102)79-41(8)59(99)89-58(39(5)6)70(110)87-47(24-18-34-77-71(75)76)61(101)78-40(7)35-38(3)4/h13-15,19-20,38-41,43-52,58H,9-12,16-18,21-37,72-73H2,1-8H3,(H2,74,90)(H,78,101)(H,79,102)(H,80,100)(H,81,106)(H,82,109)(H,83,104)(H,84,107)(H,85,103)(H,86,108)(H,87,110)(H,88,105)(H,89,99)(H,91,92)(H,93,94)(H,95,96)(H,97,98)(H4,75,76,77)/t40-,41+,43+,44+,45+,46+,47+,48+,49+,50+,51+,52-,58+/m1/s1. The molecule has 0 aromatic heterocycles. The number of nitrogens with one attached hydrogen (secondary N) is 12. The van der Waals surface area contributed by atoms with E-state index < -0.39 is 237 Å². The number of carboxylic acids is 4. The molecule has 0 aliphatic carbocycles. The van der Waals surface area contributed by atoms with Crippen LogP contribution in [0.4, 0.5) is 0 Å². The summed E-state index contributed by atoms with van der Waals surface area (Å²) in [7, 11) is 0. The van der Waals surface area contributed by atoms with Crippen molar-refractivity contribution in [1.29, 1.82) is 0 Å². The molecule has 0 aliphatic rings. The first-order valence-electron chi connectivity index (χ1n) is 37.1. The zero-order valence-corrected chi connectivity index (χ0v) is 64.1. The summed E-state index contributed by atoms with van der Waals surface area (Å²) in [5.41, 5.74) is 28.6. The minimum absolute atomic E-state index is 0.0498. The Kier molecular flexibility index (Phi) is 46.5. The van der Waals surface area contributed by atoms with Crippen LogP contribution in [0.1, 0.15) is 196 Å². The maximum absolute atomic E-state index is 14.5. The number of hydrogen-bond donors (Lipinski definition) is 21. The van der Waals surface area contributed by atoms with Crippen LogP contribution in [0.5, 0.6) is 0 Å². The third-order valence-corrected chi connectivity index (χ3v) is 17.1. The molecule has 26 N–H and O–H groups in total. The van der Waals surface area contributed by atoms with E-state index in [1.165, 1.54) is 6.92 Å². The van der Waals surface area contributed by atoms with E-state index >= 15 is 0 Å². The number of nitrogens with zero attached hydrogens (tertiary/aromatic N) is 1. The van der Waals surface area contributed by atoms with Crippen molar-refractivity contribution in [3.63, 3.8) is 0 Å². The van der Waals surface area contributed by atoms with Crippen molar-refractivity contribution in [2.45, 2.75) is 275 Å². The molecule has 0 heterocycles. The summed E-state index contributed by atoms with van der Waals surface area (Å²) >= 11 is 0. The zero-order valence-electron chi connectivity index (χ0n) is 64.1. The van der Waals surface area contributed by atoms with Gasteiger partial charge in [-0.1, -0.05) is 97.6 Å². The van der Waals surface area contributed by atoms with Gasteiger partial charge in [-0.2, -0.15) is 0 Å². The van der Waals surface area contributed by atoms with Gasteiger partial charge in [-0.15, -0.1) is 0 Å². The molecule has 0 radical (unpaired) electrons. The van der Waals surface area contributed by atoms with Gasteiger partial charge >= 0.3 is 23.9 Å². The smallest absolute Gasteiger partial charge is 0.305 e. The number of aliphatic carboxylic acids is 4. The van der Waals surface area contributed by atoms with E-state index in [0.717, 1.165) is 0 Å². The number of aliphatic imine (C=N–C) groups is 1. The summed E-state index contributed by atoms with van der Waals surface area (Å²) in [6.45, 7) is 13.9. The lowest BCUT2D eigenvalue weighted by Crippen LogP contribution is -2.61. The molecule has 39 heteroatoms. The van der Waals surface area contributed by atoms with Crippen molar-refractivity contribution >= 4 is 107 Å². The van der Waals surface area contributed by atoms with E-state index in [-0.39, 0.29) is 82.4 Å². The van der Waals surface area contributed by atoms with Crippen molar-refractivity contribution < 1.29 is 102 Å². The van der Waals surface area contributed by atoms with Gasteiger partial charge < -0.3 is 113 Å². The van der Waals surface area contributed by atoms with E-state index in [1.54, 1.807) is 58.0 Å². The SMILES string of the molecule is CCCC[C@H](NC(=O)[C@H](CCC(N)=O)NC(=O)[C@H](CCCCN)NC(=O)[C@@H](Cc1ccccc1)NC(=O)[C@H](CCCC)NC(=O)[C@@H](N)CC(=O)O)C(=O)N[C@@H](CCC(=O)O)C(=O)N[C@@H](CCC(=O)O)C(=O)N[C@@H](CCC(=O)O)C(=O)N[C@@H](C)C(=O)N[C@H](C(=O)N[C@@H](CCCN=C(N)N)C(=O)N[C@H](C)CC(C)C)C(C)C. The Morgan fingerprint density at radius 3 is 1.12 bits per heavy atom. The molecule has 618 valence electrons. The Morgan fingerprint density at radius 2 is 0.745 bits per heavy atom. The summed E-state index contributed by atoms with van der Waals surface area (Å²) in [6, 6.07) is -10.7. The van der Waals surface area contributed by atoms with E-state index in [0.29, 0.717) is 37.7 Å². The predicted octanol–water partition coefficient (Wildman–Crippen LogP) is -2.99. The van der Waals surface area contributed by atoms with Crippen LogP contribution in [0.3, 0.4) is 0 Å². The second kappa shape index (κ2) is 52.5. The first-order chi connectivity index (χ1) is 51.7. The van der Waals surface area contributed by atoms with E-state index in [4.69, 9.17) is 28.7 Å². The highest BCUT2D eigenvalue weighted by Crippen LogP contribution is 2.15. The van der Waals surface area contributed by atoms with Crippen LogP contribution in [-0.2, 0) is 87.9 Å². The van der Waals surface area contributed by atoms with E-state index in [2.05, 4.69) is 68.8 Å². The van der Waals surface area contributed by atoms with Crippen LogP contribution < -0.4 is 92.5 Å². The second-order valence-corrected chi connectivity index (χ2v) is 27.8. The molecule has 110 heavy (non-hydrogen) atoms. The monoisotopic (exact) mass is 1560 g/mol. The fourth-order valence-corrected chi connectivity index (χ4v) is 11.1. The Labute approximate surface area is 639 Å². The number of amides is 13. The molecule has 0 saturated carbocycles. The first-order valence-corrected chi connectivity index (χ1v) is 37.1. The lowest BCUT2D eigenvalue weighted by Gasteiger charge is -2.28. The van der Waals surface area contributed by atoms with Gasteiger partial charge in [-0.05, 0) is 115 Å². The molecule has 0 aliphatic heterocycles. The fourth-order valence-electron chi connectivity index (χ4n) is 11.1. The normalized spacial score (nSPS) is 14.6. The molecule has 13 atom stereocenters. The number of primary amides is 1. The average Bonchev–Trinajstić information content (AvgIpc) is 0.853. The Bertz CT molecular complexity index is 3270. The topological polar surface area (TPSA) is 658 Å². The highest BCUT2D eigenvalue weighted by atomic mass is 16.4. The van der Waals surface area contributed by atoms with Gasteiger partial charge in [0.05, 0.1) is 12.5 Å². The molecule has 0 spiro atoms. The number of carboxylic acid groups (broad SMARTS) is 4. The van der Waals surface area contributed by atoms with Gasteiger partial charge in [0.25, 0.3) is 0 Å². The predicted molar refractivity (Wildman–Crippen MR) is 400 cm³/mol. The summed E-state index contributed by atoms with van der Waals surface area (Å²) in [5.74, 6) is -19.3. The Hall–Kier alpha value is -10.6. The fraction of sp³-hybridized carbons (Fsp3) is 0.662. The average molecular weight is 1560 g/mol. The molecule has 1 aromatic rings. The van der Waals surface area contributed by atoms with Gasteiger partial charge in [-0.25, -0.2) is 0 Å². The Morgan fingerprint density at radius 1 is 0.391 bits per heavy atom. The molecular formula is C71H118N18O21.